The Morgan fingerprint density at radius 3 is 2.43 bits per heavy atom. The zero-order valence-electron chi connectivity index (χ0n) is 18.6. The van der Waals surface area contributed by atoms with Gasteiger partial charge in [-0.1, -0.05) is 26.2 Å². The topological polar surface area (TPSA) is 122 Å². The van der Waals surface area contributed by atoms with E-state index in [1.54, 1.807) is 0 Å². The molecule has 1 saturated carbocycles. The lowest BCUT2D eigenvalue weighted by molar-refractivity contribution is -0.140. The van der Waals surface area contributed by atoms with E-state index in [4.69, 9.17) is 5.73 Å². The minimum absolute atomic E-state index is 0.194. The van der Waals surface area contributed by atoms with Crippen molar-refractivity contribution in [2.24, 2.45) is 11.7 Å². The molecule has 10 heteroatoms. The van der Waals surface area contributed by atoms with Crippen LogP contribution in [0.3, 0.4) is 0 Å². The fourth-order valence-corrected chi connectivity index (χ4v) is 6.41. The van der Waals surface area contributed by atoms with Crippen LogP contribution in [-0.2, 0) is 19.6 Å². The van der Waals surface area contributed by atoms with E-state index < -0.39 is 32.8 Å². The second kappa shape index (κ2) is 10.7. The maximum atomic E-state index is 13.5. The molecule has 0 aromatic rings. The molecule has 0 radical (unpaired) electrons. The zero-order chi connectivity index (χ0) is 22.5. The molecule has 8 nitrogen and oxygen atoms in total. The summed E-state index contributed by atoms with van der Waals surface area (Å²) in [5.41, 5.74) is 6.11. The zero-order valence-corrected chi connectivity index (χ0v) is 20.3. The highest BCUT2D eigenvalue weighted by molar-refractivity contribution is 8.00. The number of thioether (sulfide) groups is 1. The third kappa shape index (κ3) is 7.10. The van der Waals surface area contributed by atoms with Crippen molar-refractivity contribution in [2.75, 3.05) is 25.1 Å². The summed E-state index contributed by atoms with van der Waals surface area (Å²) < 4.78 is 25.8. The molecule has 3 atom stereocenters. The van der Waals surface area contributed by atoms with Gasteiger partial charge in [0.1, 0.15) is 12.1 Å². The molecule has 0 spiro atoms. The Morgan fingerprint density at radius 2 is 1.87 bits per heavy atom. The van der Waals surface area contributed by atoms with Crippen LogP contribution in [0.5, 0.6) is 0 Å². The lowest BCUT2D eigenvalue weighted by atomic mass is 9.89. The van der Waals surface area contributed by atoms with Gasteiger partial charge in [-0.15, -0.1) is 0 Å². The number of nitrogens with zero attached hydrogens (tertiary/aromatic N) is 1. The molecule has 0 aromatic carbocycles. The van der Waals surface area contributed by atoms with Crippen LogP contribution in [0.2, 0.25) is 0 Å². The van der Waals surface area contributed by atoms with E-state index in [-0.39, 0.29) is 18.5 Å². The molecule has 1 saturated heterocycles. The first kappa shape index (κ1) is 25.4. The number of sulfonamides is 1. The Bertz CT molecular complexity index is 708. The monoisotopic (exact) mass is 462 g/mol. The molecule has 2 fully saturated rings. The summed E-state index contributed by atoms with van der Waals surface area (Å²) in [7, 11) is -3.62. The lowest BCUT2D eigenvalue weighted by Crippen LogP contribution is -2.59. The quantitative estimate of drug-likeness (QED) is 0.471. The number of rotatable bonds is 9. The highest BCUT2D eigenvalue weighted by atomic mass is 32.2. The third-order valence-corrected chi connectivity index (χ3v) is 7.93. The van der Waals surface area contributed by atoms with Crippen LogP contribution in [0.1, 0.15) is 59.3 Å². The smallest absolute Gasteiger partial charge is 0.242 e. The number of hydrogen-bond acceptors (Lipinski definition) is 6. The van der Waals surface area contributed by atoms with Crippen molar-refractivity contribution in [3.05, 3.63) is 0 Å². The minimum atomic E-state index is -3.62. The van der Waals surface area contributed by atoms with E-state index in [0.29, 0.717) is 18.9 Å². The van der Waals surface area contributed by atoms with Gasteiger partial charge in [-0.3, -0.25) is 9.59 Å². The molecular weight excluding hydrogens is 424 g/mol. The largest absolute Gasteiger partial charge is 0.354 e. The van der Waals surface area contributed by atoms with Crippen molar-refractivity contribution in [3.63, 3.8) is 0 Å². The first-order valence-electron chi connectivity index (χ1n) is 10.9. The summed E-state index contributed by atoms with van der Waals surface area (Å²) >= 11 is 1.50. The summed E-state index contributed by atoms with van der Waals surface area (Å²) in [4.78, 5) is 27.9. The second-order valence-electron chi connectivity index (χ2n) is 9.11. The van der Waals surface area contributed by atoms with Crippen molar-refractivity contribution in [1.82, 2.24) is 14.9 Å². The number of hydrogen-bond donors (Lipinski definition) is 3. The molecule has 1 aliphatic carbocycles. The Balaban J connectivity index is 2.14. The van der Waals surface area contributed by atoms with Gasteiger partial charge in [0, 0.05) is 23.9 Å². The number of carbonyl (C=O) groups is 2. The maximum absolute atomic E-state index is 13.5. The predicted octanol–water partition coefficient (Wildman–Crippen LogP) is 1.06. The van der Waals surface area contributed by atoms with Gasteiger partial charge >= 0.3 is 0 Å². The summed E-state index contributed by atoms with van der Waals surface area (Å²) in [6, 6.07) is -1.95. The summed E-state index contributed by atoms with van der Waals surface area (Å²) in [5.74, 6) is 0.632. The van der Waals surface area contributed by atoms with Crippen LogP contribution >= 0.6 is 11.8 Å². The van der Waals surface area contributed by atoms with Gasteiger partial charge in [0.05, 0.1) is 6.26 Å². The van der Waals surface area contributed by atoms with E-state index in [9.17, 15) is 18.0 Å². The Morgan fingerprint density at radius 1 is 1.23 bits per heavy atom. The summed E-state index contributed by atoms with van der Waals surface area (Å²) in [6.45, 7) is 6.51. The molecule has 0 aromatic heterocycles. The number of amides is 2. The van der Waals surface area contributed by atoms with Gasteiger partial charge in [0.25, 0.3) is 0 Å². The minimum Gasteiger partial charge on any atom is -0.354 e. The van der Waals surface area contributed by atoms with Gasteiger partial charge < -0.3 is 16.0 Å². The molecule has 1 heterocycles. The van der Waals surface area contributed by atoms with E-state index >= 15 is 0 Å². The molecule has 174 valence electrons. The Kier molecular flexibility index (Phi) is 9.03. The Hall–Kier alpha value is -0.840. The molecule has 0 unspecified atom stereocenters. The van der Waals surface area contributed by atoms with Crippen LogP contribution in [0, 0.1) is 5.92 Å². The molecule has 4 N–H and O–H groups in total. The first-order chi connectivity index (χ1) is 13.9. The fourth-order valence-electron chi connectivity index (χ4n) is 4.44. The van der Waals surface area contributed by atoms with Gasteiger partial charge in [-0.2, -0.15) is 11.8 Å². The molecule has 2 amide bonds. The van der Waals surface area contributed by atoms with Gasteiger partial charge in [0.2, 0.25) is 21.8 Å². The van der Waals surface area contributed by atoms with Gasteiger partial charge in [0.15, 0.2) is 0 Å². The number of likely N-dealkylation sites (tertiary alicyclic amines) is 1. The SMILES string of the molecule is CCSC(C)(C)[C@@H](NS(C)(=O)=O)C(=O)N1C[C@H](N)C[C@H]1C(=O)NCC1CCCCC1. The third-order valence-electron chi connectivity index (χ3n) is 6.00. The van der Waals surface area contributed by atoms with Crippen LogP contribution < -0.4 is 15.8 Å². The number of nitrogens with one attached hydrogen (secondary N) is 2. The molecule has 2 aliphatic rings. The highest BCUT2D eigenvalue weighted by Crippen LogP contribution is 2.31. The lowest BCUT2D eigenvalue weighted by Gasteiger charge is -2.36. The average molecular weight is 463 g/mol. The van der Waals surface area contributed by atoms with Crippen molar-refractivity contribution >= 4 is 33.6 Å². The molecule has 30 heavy (non-hydrogen) atoms. The van der Waals surface area contributed by atoms with Crippen LogP contribution in [0.15, 0.2) is 0 Å². The van der Waals surface area contributed by atoms with E-state index in [1.165, 1.54) is 35.9 Å². The predicted molar refractivity (Wildman–Crippen MR) is 122 cm³/mol. The van der Waals surface area contributed by atoms with E-state index in [0.717, 1.165) is 24.9 Å². The van der Waals surface area contributed by atoms with E-state index in [2.05, 4.69) is 10.0 Å². The summed E-state index contributed by atoms with van der Waals surface area (Å²) in [5, 5.41) is 3.02. The molecule has 2 rings (SSSR count). The van der Waals surface area contributed by atoms with Crippen molar-refractivity contribution in [3.8, 4) is 0 Å². The molecule has 1 aliphatic heterocycles. The van der Waals surface area contributed by atoms with Crippen LogP contribution in [0.4, 0.5) is 0 Å². The van der Waals surface area contributed by atoms with Crippen LogP contribution in [-0.4, -0.2) is 73.1 Å². The second-order valence-corrected chi connectivity index (χ2v) is 12.8. The molecular formula is C20H38N4O4S2. The first-order valence-corrected chi connectivity index (χ1v) is 13.8. The maximum Gasteiger partial charge on any atom is 0.242 e. The van der Waals surface area contributed by atoms with Crippen molar-refractivity contribution < 1.29 is 18.0 Å². The number of carbonyl (C=O) groups excluding carboxylic acids is 2. The summed E-state index contributed by atoms with van der Waals surface area (Å²) in [6.07, 6.45) is 7.32. The van der Waals surface area contributed by atoms with Crippen molar-refractivity contribution in [1.29, 1.82) is 0 Å². The van der Waals surface area contributed by atoms with Crippen molar-refractivity contribution in [2.45, 2.75) is 82.2 Å². The fraction of sp³-hybridized carbons (Fsp3) is 0.900. The Labute approximate surface area is 185 Å². The average Bonchev–Trinajstić information content (AvgIpc) is 3.05. The van der Waals surface area contributed by atoms with E-state index in [1.807, 2.05) is 20.8 Å². The van der Waals surface area contributed by atoms with Gasteiger partial charge in [-0.25, -0.2) is 13.1 Å². The standard InChI is InChI=1S/C20H38N4O4S2/c1-5-29-20(2,3)17(23-30(4,27)28)19(26)24-13-15(21)11-16(24)18(25)22-12-14-9-7-6-8-10-14/h14-17,23H,5-13,21H2,1-4H3,(H,22,25)/t15-,16+,17+/m1/s1. The highest BCUT2D eigenvalue weighted by Gasteiger charge is 2.45. The van der Waals surface area contributed by atoms with Gasteiger partial charge in [-0.05, 0) is 44.8 Å². The normalized spacial score (nSPS) is 24.6. The number of nitrogens with two attached hydrogens (primary N) is 1. The molecule has 0 bridgehead atoms. The van der Waals surface area contributed by atoms with Crippen LogP contribution in [0.25, 0.3) is 0 Å².